The van der Waals surface area contributed by atoms with Crippen molar-refractivity contribution in [2.45, 2.75) is 13.0 Å². The Bertz CT molecular complexity index is 313. The van der Waals surface area contributed by atoms with E-state index in [-0.39, 0.29) is 6.54 Å². The van der Waals surface area contributed by atoms with Gasteiger partial charge in [0, 0.05) is 11.0 Å². The lowest BCUT2D eigenvalue weighted by molar-refractivity contribution is -0.131. The van der Waals surface area contributed by atoms with E-state index in [1.54, 1.807) is 24.3 Å². The van der Waals surface area contributed by atoms with Crippen LogP contribution in [0.15, 0.2) is 28.7 Å². The quantitative estimate of drug-likeness (QED) is 0.891. The summed E-state index contributed by atoms with van der Waals surface area (Å²) in [5, 5.41) is 2.11. The van der Waals surface area contributed by atoms with Crippen LogP contribution in [-0.2, 0) is 11.3 Å². The maximum absolute atomic E-state index is 11.8. The molecule has 0 aliphatic carbocycles. The molecule has 14 heavy (non-hydrogen) atoms. The number of carbonyl (C=O) groups excluding carboxylic acids is 1. The third kappa shape index (κ3) is 3.41. The molecule has 2 nitrogen and oxygen atoms in total. The highest BCUT2D eigenvalue weighted by molar-refractivity contribution is 9.10. The Hall–Kier alpha value is -0.970. The number of halogens is 3. The lowest BCUT2D eigenvalue weighted by Crippen LogP contribution is -2.28. The van der Waals surface area contributed by atoms with Crippen LogP contribution in [0.2, 0.25) is 0 Å². The monoisotopic (exact) mass is 263 g/mol. The highest BCUT2D eigenvalue weighted by atomic mass is 79.9. The van der Waals surface area contributed by atoms with Crippen molar-refractivity contribution in [3.63, 3.8) is 0 Å². The first-order valence-electron chi connectivity index (χ1n) is 3.90. The summed E-state index contributed by atoms with van der Waals surface area (Å²) in [7, 11) is 0. The Kier molecular flexibility index (Phi) is 4.00. The van der Waals surface area contributed by atoms with E-state index in [0.29, 0.717) is 0 Å². The minimum absolute atomic E-state index is 0.121. The number of alkyl halides is 2. The molecule has 1 aromatic rings. The van der Waals surface area contributed by atoms with Gasteiger partial charge in [-0.1, -0.05) is 28.1 Å². The second kappa shape index (κ2) is 5.05. The molecule has 0 heterocycles. The molecule has 0 atom stereocenters. The second-order valence-electron chi connectivity index (χ2n) is 2.64. The van der Waals surface area contributed by atoms with Gasteiger partial charge in [0.05, 0.1) is 0 Å². The van der Waals surface area contributed by atoms with E-state index < -0.39 is 12.3 Å². The highest BCUT2D eigenvalue weighted by Gasteiger charge is 2.13. The van der Waals surface area contributed by atoms with Crippen molar-refractivity contribution in [3.8, 4) is 0 Å². The Labute approximate surface area is 88.4 Å². The van der Waals surface area contributed by atoms with Crippen molar-refractivity contribution < 1.29 is 13.6 Å². The highest BCUT2D eigenvalue weighted by Crippen LogP contribution is 2.10. The minimum Gasteiger partial charge on any atom is -0.347 e. The van der Waals surface area contributed by atoms with Crippen LogP contribution in [0.3, 0.4) is 0 Å². The SMILES string of the molecule is O=C(NCc1ccc(Br)cc1)C(F)F. The minimum atomic E-state index is -2.95. The van der Waals surface area contributed by atoms with Crippen LogP contribution in [0.5, 0.6) is 0 Å². The van der Waals surface area contributed by atoms with Gasteiger partial charge >= 0.3 is 6.43 Å². The first-order chi connectivity index (χ1) is 6.59. The Morgan fingerprint density at radius 2 is 1.93 bits per heavy atom. The van der Waals surface area contributed by atoms with Crippen molar-refractivity contribution in [1.82, 2.24) is 5.32 Å². The zero-order valence-electron chi connectivity index (χ0n) is 7.14. The van der Waals surface area contributed by atoms with Crippen molar-refractivity contribution in [2.75, 3.05) is 0 Å². The molecule has 1 amide bonds. The molecule has 76 valence electrons. The van der Waals surface area contributed by atoms with E-state index in [4.69, 9.17) is 0 Å². The van der Waals surface area contributed by atoms with Gasteiger partial charge in [-0.25, -0.2) is 0 Å². The van der Waals surface area contributed by atoms with Crippen molar-refractivity contribution in [2.24, 2.45) is 0 Å². The molecule has 0 saturated heterocycles. The zero-order valence-corrected chi connectivity index (χ0v) is 8.72. The summed E-state index contributed by atoms with van der Waals surface area (Å²) in [6.07, 6.45) is -2.95. The molecule has 0 aromatic heterocycles. The van der Waals surface area contributed by atoms with Crippen molar-refractivity contribution >= 4 is 21.8 Å². The Morgan fingerprint density at radius 1 is 1.36 bits per heavy atom. The van der Waals surface area contributed by atoms with Gasteiger partial charge in [-0.15, -0.1) is 0 Å². The van der Waals surface area contributed by atoms with Gasteiger partial charge in [-0.2, -0.15) is 8.78 Å². The summed E-state index contributed by atoms with van der Waals surface area (Å²) in [5.41, 5.74) is 0.780. The van der Waals surface area contributed by atoms with Crippen molar-refractivity contribution in [1.29, 1.82) is 0 Å². The largest absolute Gasteiger partial charge is 0.347 e. The smallest absolute Gasteiger partial charge is 0.315 e. The number of rotatable bonds is 3. The number of hydrogen-bond donors (Lipinski definition) is 1. The van der Waals surface area contributed by atoms with Crippen LogP contribution in [0.4, 0.5) is 8.78 Å². The van der Waals surface area contributed by atoms with Gasteiger partial charge in [-0.3, -0.25) is 4.79 Å². The lowest BCUT2D eigenvalue weighted by atomic mass is 10.2. The van der Waals surface area contributed by atoms with Gasteiger partial charge in [0.1, 0.15) is 0 Å². The third-order valence-electron chi connectivity index (χ3n) is 1.58. The van der Waals surface area contributed by atoms with Gasteiger partial charge in [0.15, 0.2) is 0 Å². The summed E-state index contributed by atoms with van der Waals surface area (Å²) in [6, 6.07) is 7.05. The summed E-state index contributed by atoms with van der Waals surface area (Å²) >= 11 is 3.24. The molecule has 0 saturated carbocycles. The van der Waals surface area contributed by atoms with E-state index in [1.807, 2.05) is 0 Å². The van der Waals surface area contributed by atoms with E-state index in [0.717, 1.165) is 10.0 Å². The van der Waals surface area contributed by atoms with E-state index in [9.17, 15) is 13.6 Å². The van der Waals surface area contributed by atoms with Crippen LogP contribution in [0, 0.1) is 0 Å². The van der Waals surface area contributed by atoms with Crippen molar-refractivity contribution in [3.05, 3.63) is 34.3 Å². The van der Waals surface area contributed by atoms with E-state index in [2.05, 4.69) is 21.2 Å². The molecule has 1 rings (SSSR count). The van der Waals surface area contributed by atoms with Gasteiger partial charge < -0.3 is 5.32 Å². The fourth-order valence-electron chi connectivity index (χ4n) is 0.869. The molecular weight excluding hydrogens is 256 g/mol. The molecule has 1 N–H and O–H groups in total. The maximum Gasteiger partial charge on any atom is 0.315 e. The molecule has 0 bridgehead atoms. The fraction of sp³-hybridized carbons (Fsp3) is 0.222. The van der Waals surface area contributed by atoms with Gasteiger partial charge in [0.25, 0.3) is 5.91 Å². The van der Waals surface area contributed by atoms with Crippen LogP contribution in [0.1, 0.15) is 5.56 Å². The van der Waals surface area contributed by atoms with Crippen LogP contribution in [0.25, 0.3) is 0 Å². The number of amides is 1. The molecule has 5 heteroatoms. The average Bonchev–Trinajstić information content (AvgIpc) is 2.16. The molecule has 0 radical (unpaired) electrons. The lowest BCUT2D eigenvalue weighted by Gasteiger charge is -2.04. The number of nitrogens with one attached hydrogen (secondary N) is 1. The number of benzene rings is 1. The van der Waals surface area contributed by atoms with Gasteiger partial charge in [0.2, 0.25) is 0 Å². The van der Waals surface area contributed by atoms with E-state index >= 15 is 0 Å². The zero-order chi connectivity index (χ0) is 10.6. The predicted molar refractivity (Wildman–Crippen MR) is 52.0 cm³/mol. The van der Waals surface area contributed by atoms with Crippen LogP contribution >= 0.6 is 15.9 Å². The Balaban J connectivity index is 2.46. The summed E-state index contributed by atoms with van der Waals surface area (Å²) in [5.74, 6) is -1.24. The van der Waals surface area contributed by atoms with Crippen LogP contribution < -0.4 is 5.32 Å². The van der Waals surface area contributed by atoms with Crippen LogP contribution in [-0.4, -0.2) is 12.3 Å². The predicted octanol–water partition coefficient (Wildman–Crippen LogP) is 2.33. The third-order valence-corrected chi connectivity index (χ3v) is 2.11. The summed E-state index contributed by atoms with van der Waals surface area (Å²) in [6.45, 7) is 0.121. The standard InChI is InChI=1S/C9H8BrF2NO/c10-7-3-1-6(2-4-7)5-13-9(14)8(11)12/h1-4,8H,5H2,(H,13,14). The van der Waals surface area contributed by atoms with Gasteiger partial charge in [-0.05, 0) is 17.7 Å². The summed E-state index contributed by atoms with van der Waals surface area (Å²) in [4.78, 5) is 10.5. The molecule has 0 aliphatic rings. The van der Waals surface area contributed by atoms with E-state index in [1.165, 1.54) is 0 Å². The summed E-state index contributed by atoms with van der Waals surface area (Å²) < 4.78 is 24.5. The molecular formula is C9H8BrF2NO. The molecule has 0 spiro atoms. The number of hydrogen-bond acceptors (Lipinski definition) is 1. The molecule has 0 fully saturated rings. The second-order valence-corrected chi connectivity index (χ2v) is 3.56. The molecule has 1 aromatic carbocycles. The average molecular weight is 264 g/mol. The Morgan fingerprint density at radius 3 is 2.43 bits per heavy atom. The molecule has 0 unspecified atom stereocenters. The number of carbonyl (C=O) groups is 1. The first-order valence-corrected chi connectivity index (χ1v) is 4.69. The first kappa shape index (κ1) is 11.1. The maximum atomic E-state index is 11.8. The fourth-order valence-corrected chi connectivity index (χ4v) is 1.13. The topological polar surface area (TPSA) is 29.1 Å². The molecule has 0 aliphatic heterocycles. The normalized spacial score (nSPS) is 10.3.